The predicted octanol–water partition coefficient (Wildman–Crippen LogP) is 0.179. The second kappa shape index (κ2) is 6.31. The van der Waals surface area contributed by atoms with Crippen LogP contribution in [-0.4, -0.2) is 41.4 Å². The number of nitrogens with one attached hydrogen (secondary N) is 1. The van der Waals surface area contributed by atoms with Gasteiger partial charge in [-0.1, -0.05) is 29.8 Å². The van der Waals surface area contributed by atoms with Crippen LogP contribution in [0.15, 0.2) is 24.3 Å². The van der Waals surface area contributed by atoms with E-state index in [1.165, 1.54) is 6.92 Å². The molecule has 1 saturated heterocycles. The van der Waals surface area contributed by atoms with E-state index in [-0.39, 0.29) is 0 Å². The Hall–Kier alpha value is -2.90. The minimum atomic E-state index is -1.26. The third kappa shape index (κ3) is 3.22. The van der Waals surface area contributed by atoms with Crippen LogP contribution in [-0.2, 0) is 24.7 Å². The Labute approximate surface area is 138 Å². The number of ether oxygens (including phenoxy) is 1. The lowest BCUT2D eigenvalue weighted by atomic mass is 9.91. The molecule has 8 heteroatoms. The first-order valence-corrected chi connectivity index (χ1v) is 7.35. The molecule has 3 N–H and O–H groups in total. The van der Waals surface area contributed by atoms with Gasteiger partial charge in [0.2, 0.25) is 0 Å². The smallest absolute Gasteiger partial charge is 0.327 e. The number of primary amides is 1. The van der Waals surface area contributed by atoms with Crippen molar-refractivity contribution in [3.8, 4) is 0 Å². The average Bonchev–Trinajstić information content (AvgIpc) is 2.72. The number of nitrogens with two attached hydrogens (primary N) is 1. The minimum absolute atomic E-state index is 0.569. The Kier molecular flexibility index (Phi) is 4.59. The van der Waals surface area contributed by atoms with Crippen LogP contribution in [0.5, 0.6) is 0 Å². The molecule has 24 heavy (non-hydrogen) atoms. The van der Waals surface area contributed by atoms with Gasteiger partial charge in [0.25, 0.3) is 11.8 Å². The maximum Gasteiger partial charge on any atom is 0.327 e. The zero-order chi connectivity index (χ0) is 18.1. The highest BCUT2D eigenvalue weighted by atomic mass is 16.5. The molecule has 1 aliphatic heterocycles. The zero-order valence-electron chi connectivity index (χ0n) is 13.7. The first kappa shape index (κ1) is 17.5. The van der Waals surface area contributed by atoms with E-state index < -0.39 is 42.0 Å². The fourth-order valence-electron chi connectivity index (χ4n) is 2.34. The van der Waals surface area contributed by atoms with Crippen molar-refractivity contribution in [2.45, 2.75) is 32.4 Å². The molecule has 4 amide bonds. The molecular weight excluding hydrogens is 314 g/mol. The van der Waals surface area contributed by atoms with Gasteiger partial charge in [-0.15, -0.1) is 0 Å². The number of esters is 1. The van der Waals surface area contributed by atoms with Crippen molar-refractivity contribution in [1.82, 2.24) is 10.2 Å². The van der Waals surface area contributed by atoms with Crippen molar-refractivity contribution in [2.24, 2.45) is 5.73 Å². The highest BCUT2D eigenvalue weighted by Gasteiger charge is 2.49. The molecule has 128 valence electrons. The molecule has 8 nitrogen and oxygen atoms in total. The topological polar surface area (TPSA) is 119 Å². The molecule has 0 aromatic heterocycles. The second-order valence-electron chi connectivity index (χ2n) is 5.85. The Morgan fingerprint density at radius 2 is 1.88 bits per heavy atom. The molecular formula is C16H19N3O5. The molecule has 0 bridgehead atoms. The van der Waals surface area contributed by atoms with Crippen molar-refractivity contribution in [3.05, 3.63) is 35.4 Å². The third-order valence-electron chi connectivity index (χ3n) is 3.90. The molecule has 0 spiro atoms. The summed E-state index contributed by atoms with van der Waals surface area (Å²) < 4.78 is 4.77. The molecule has 1 aromatic rings. The van der Waals surface area contributed by atoms with Gasteiger partial charge in [-0.3, -0.25) is 19.3 Å². The number of imide groups is 1. The van der Waals surface area contributed by atoms with E-state index in [9.17, 15) is 19.2 Å². The molecule has 0 saturated carbocycles. The van der Waals surface area contributed by atoms with Crippen LogP contribution in [0.25, 0.3) is 0 Å². The maximum absolute atomic E-state index is 12.6. The summed E-state index contributed by atoms with van der Waals surface area (Å²) in [5.74, 6) is -2.27. The lowest BCUT2D eigenvalue weighted by Gasteiger charge is -2.22. The zero-order valence-corrected chi connectivity index (χ0v) is 13.7. The van der Waals surface area contributed by atoms with Crippen LogP contribution in [0.2, 0.25) is 0 Å². The van der Waals surface area contributed by atoms with Crippen LogP contribution >= 0.6 is 0 Å². The fourth-order valence-corrected chi connectivity index (χ4v) is 2.34. The maximum atomic E-state index is 12.6. The Morgan fingerprint density at radius 1 is 1.29 bits per heavy atom. The fraction of sp³-hybridized carbons (Fsp3) is 0.375. The van der Waals surface area contributed by atoms with Gasteiger partial charge in [0.1, 0.15) is 12.1 Å². The minimum Gasteiger partial charge on any atom is -0.451 e. The van der Waals surface area contributed by atoms with Gasteiger partial charge >= 0.3 is 12.0 Å². The van der Waals surface area contributed by atoms with Gasteiger partial charge < -0.3 is 15.8 Å². The van der Waals surface area contributed by atoms with Crippen LogP contribution < -0.4 is 11.1 Å². The van der Waals surface area contributed by atoms with Crippen molar-refractivity contribution in [3.63, 3.8) is 0 Å². The van der Waals surface area contributed by atoms with Crippen molar-refractivity contribution < 1.29 is 23.9 Å². The quantitative estimate of drug-likeness (QED) is 0.588. The summed E-state index contributed by atoms with van der Waals surface area (Å²) in [7, 11) is 0. The van der Waals surface area contributed by atoms with Gasteiger partial charge in [0.05, 0.1) is 0 Å². The summed E-state index contributed by atoms with van der Waals surface area (Å²) in [4.78, 5) is 48.2. The number of carbonyl (C=O) groups excluding carboxylic acids is 4. The Bertz CT molecular complexity index is 700. The normalized spacial score (nSPS) is 21.4. The summed E-state index contributed by atoms with van der Waals surface area (Å²) in [6.45, 7) is 4.19. The number of urea groups is 1. The predicted molar refractivity (Wildman–Crippen MR) is 83.5 cm³/mol. The van der Waals surface area contributed by atoms with Crippen LogP contribution in [0, 0.1) is 6.92 Å². The van der Waals surface area contributed by atoms with Gasteiger partial charge in [-0.05, 0) is 26.3 Å². The first-order valence-electron chi connectivity index (χ1n) is 7.35. The third-order valence-corrected chi connectivity index (χ3v) is 3.90. The standard InChI is InChI=1S/C16H19N3O5/c1-9-4-6-11(7-5-9)16(3)14(22)19(15(23)18-16)8-12(20)24-10(2)13(17)21/h4-7,10H,8H2,1-3H3,(H2,17,21)(H,18,23)/t10-,16-/m1/s1. The average molecular weight is 333 g/mol. The number of benzene rings is 1. The lowest BCUT2D eigenvalue weighted by molar-refractivity contribution is -0.155. The van der Waals surface area contributed by atoms with E-state index >= 15 is 0 Å². The number of nitrogens with zero attached hydrogens (tertiary/aromatic N) is 1. The van der Waals surface area contributed by atoms with Gasteiger partial charge in [0.15, 0.2) is 6.10 Å². The molecule has 2 rings (SSSR count). The number of carbonyl (C=O) groups is 4. The molecule has 1 aliphatic rings. The number of aryl methyl sites for hydroxylation is 1. The second-order valence-corrected chi connectivity index (χ2v) is 5.85. The van der Waals surface area contributed by atoms with Crippen LogP contribution in [0.1, 0.15) is 25.0 Å². The van der Waals surface area contributed by atoms with Crippen LogP contribution in [0.3, 0.4) is 0 Å². The highest BCUT2D eigenvalue weighted by Crippen LogP contribution is 2.28. The van der Waals surface area contributed by atoms with E-state index in [1.807, 2.05) is 19.1 Å². The number of hydrogen-bond acceptors (Lipinski definition) is 5. The number of amides is 4. The van der Waals surface area contributed by atoms with Gasteiger partial charge in [-0.2, -0.15) is 0 Å². The Morgan fingerprint density at radius 3 is 2.42 bits per heavy atom. The Balaban J connectivity index is 2.15. The molecule has 1 heterocycles. The molecule has 1 fully saturated rings. The van der Waals surface area contributed by atoms with Gasteiger partial charge in [0, 0.05) is 0 Å². The van der Waals surface area contributed by atoms with E-state index in [2.05, 4.69) is 5.32 Å². The molecule has 1 aromatic carbocycles. The lowest BCUT2D eigenvalue weighted by Crippen LogP contribution is -2.42. The number of hydrogen-bond donors (Lipinski definition) is 2. The van der Waals surface area contributed by atoms with Crippen LogP contribution in [0.4, 0.5) is 4.79 Å². The molecule has 2 atom stereocenters. The largest absolute Gasteiger partial charge is 0.451 e. The van der Waals surface area contributed by atoms with E-state index in [4.69, 9.17) is 10.5 Å². The summed E-state index contributed by atoms with van der Waals surface area (Å²) in [5.41, 5.74) is 5.36. The molecule has 0 radical (unpaired) electrons. The van der Waals surface area contributed by atoms with Crippen molar-refractivity contribution in [1.29, 1.82) is 0 Å². The summed E-state index contributed by atoms with van der Waals surface area (Å²) in [6.07, 6.45) is -1.14. The summed E-state index contributed by atoms with van der Waals surface area (Å²) in [5, 5.41) is 2.59. The van der Waals surface area contributed by atoms with E-state index in [1.54, 1.807) is 19.1 Å². The monoisotopic (exact) mass is 333 g/mol. The van der Waals surface area contributed by atoms with Crippen molar-refractivity contribution in [2.75, 3.05) is 6.54 Å². The van der Waals surface area contributed by atoms with E-state index in [0.717, 1.165) is 10.5 Å². The van der Waals surface area contributed by atoms with Crippen molar-refractivity contribution >= 4 is 23.8 Å². The highest BCUT2D eigenvalue weighted by molar-refractivity contribution is 6.08. The summed E-state index contributed by atoms with van der Waals surface area (Å²) >= 11 is 0. The summed E-state index contributed by atoms with van der Waals surface area (Å²) in [6, 6.07) is 6.43. The first-order chi connectivity index (χ1) is 11.1. The molecule has 0 aliphatic carbocycles. The molecule has 0 unspecified atom stereocenters. The van der Waals surface area contributed by atoms with Gasteiger partial charge in [-0.25, -0.2) is 4.79 Å². The van der Waals surface area contributed by atoms with E-state index in [0.29, 0.717) is 5.56 Å². The number of rotatable bonds is 5. The SMILES string of the molecule is Cc1ccc([C@@]2(C)NC(=O)N(CC(=O)O[C@H](C)C(N)=O)C2=O)cc1.